The summed E-state index contributed by atoms with van der Waals surface area (Å²) >= 11 is 0. The van der Waals surface area contributed by atoms with Gasteiger partial charge in [-0.25, -0.2) is 9.59 Å². The number of ether oxygens (including phenoxy) is 3. The summed E-state index contributed by atoms with van der Waals surface area (Å²) in [4.78, 5) is 22.9. The van der Waals surface area contributed by atoms with Crippen LogP contribution in [0.25, 0.3) is 0 Å². The molecular formula is C16H14O5. The van der Waals surface area contributed by atoms with Crippen LogP contribution in [0.2, 0.25) is 0 Å². The second-order valence-corrected chi connectivity index (χ2v) is 4.09. The average molecular weight is 286 g/mol. The lowest BCUT2D eigenvalue weighted by Crippen LogP contribution is -2.17. The van der Waals surface area contributed by atoms with Crippen LogP contribution in [0.4, 0.5) is 0 Å². The van der Waals surface area contributed by atoms with Crippen LogP contribution < -0.4 is 9.47 Å². The molecule has 0 saturated heterocycles. The molecule has 0 aromatic heterocycles. The first-order chi connectivity index (χ1) is 10.2. The first-order valence-corrected chi connectivity index (χ1v) is 6.26. The molecule has 21 heavy (non-hydrogen) atoms. The number of para-hydroxylation sites is 1. The number of hydrogen-bond donors (Lipinski definition) is 0. The molecule has 0 atom stereocenters. The third-order valence-electron chi connectivity index (χ3n) is 2.61. The molecule has 0 aliphatic heterocycles. The molecule has 0 spiro atoms. The molecule has 0 N–H and O–H groups in total. The van der Waals surface area contributed by atoms with Gasteiger partial charge in [0.2, 0.25) is 0 Å². The Kier molecular flexibility index (Phi) is 4.93. The first kappa shape index (κ1) is 14.6. The molecule has 0 saturated carbocycles. The van der Waals surface area contributed by atoms with Crippen LogP contribution in [0, 0.1) is 0 Å². The maximum absolute atomic E-state index is 11.6. The SMILES string of the molecule is COC(=O)c1ccc(OC(=O)COc2ccccc2)cc1. The zero-order valence-corrected chi connectivity index (χ0v) is 11.4. The van der Waals surface area contributed by atoms with Gasteiger partial charge in [-0.05, 0) is 36.4 Å². The number of esters is 2. The number of carbonyl (C=O) groups excluding carboxylic acids is 2. The highest BCUT2D eigenvalue weighted by molar-refractivity contribution is 5.89. The molecule has 0 heterocycles. The number of benzene rings is 2. The minimum Gasteiger partial charge on any atom is -0.482 e. The Bertz CT molecular complexity index is 604. The van der Waals surface area contributed by atoms with Crippen molar-refractivity contribution in [3.8, 4) is 11.5 Å². The molecule has 0 aliphatic carbocycles. The zero-order valence-electron chi connectivity index (χ0n) is 11.4. The van der Waals surface area contributed by atoms with Crippen LogP contribution in [-0.4, -0.2) is 25.7 Å². The van der Waals surface area contributed by atoms with Gasteiger partial charge < -0.3 is 14.2 Å². The van der Waals surface area contributed by atoms with Crippen LogP contribution in [0.15, 0.2) is 54.6 Å². The van der Waals surface area contributed by atoms with Gasteiger partial charge in [-0.15, -0.1) is 0 Å². The highest BCUT2D eigenvalue weighted by Gasteiger charge is 2.08. The molecule has 2 aromatic rings. The normalized spacial score (nSPS) is 9.76. The minimum absolute atomic E-state index is 0.192. The lowest BCUT2D eigenvalue weighted by molar-refractivity contribution is -0.136. The summed E-state index contributed by atoms with van der Waals surface area (Å²) in [6, 6.07) is 15.1. The van der Waals surface area contributed by atoms with Crippen molar-refractivity contribution in [1.29, 1.82) is 0 Å². The van der Waals surface area contributed by atoms with E-state index in [-0.39, 0.29) is 6.61 Å². The molecule has 2 aromatic carbocycles. The smallest absolute Gasteiger partial charge is 0.349 e. The summed E-state index contributed by atoms with van der Waals surface area (Å²) < 4.78 is 14.9. The fourth-order valence-electron chi connectivity index (χ4n) is 1.60. The van der Waals surface area contributed by atoms with Crippen molar-refractivity contribution >= 4 is 11.9 Å². The van der Waals surface area contributed by atoms with E-state index in [4.69, 9.17) is 9.47 Å². The van der Waals surface area contributed by atoms with Gasteiger partial charge in [0.1, 0.15) is 11.5 Å². The van der Waals surface area contributed by atoms with Crippen molar-refractivity contribution in [2.75, 3.05) is 13.7 Å². The van der Waals surface area contributed by atoms with Gasteiger partial charge >= 0.3 is 11.9 Å². The van der Waals surface area contributed by atoms with E-state index < -0.39 is 11.9 Å². The number of hydrogen-bond acceptors (Lipinski definition) is 5. The van der Waals surface area contributed by atoms with E-state index in [1.807, 2.05) is 18.2 Å². The van der Waals surface area contributed by atoms with E-state index in [2.05, 4.69) is 4.74 Å². The molecule has 0 bridgehead atoms. The molecule has 0 aliphatic rings. The first-order valence-electron chi connectivity index (χ1n) is 6.26. The van der Waals surface area contributed by atoms with E-state index in [1.54, 1.807) is 12.1 Å². The van der Waals surface area contributed by atoms with Crippen LogP contribution >= 0.6 is 0 Å². The Hall–Kier alpha value is -2.82. The van der Waals surface area contributed by atoms with Gasteiger partial charge in [0.15, 0.2) is 6.61 Å². The maximum Gasteiger partial charge on any atom is 0.349 e. The number of carbonyl (C=O) groups is 2. The van der Waals surface area contributed by atoms with Gasteiger partial charge in [-0.2, -0.15) is 0 Å². The van der Waals surface area contributed by atoms with Crippen molar-refractivity contribution in [1.82, 2.24) is 0 Å². The fraction of sp³-hybridized carbons (Fsp3) is 0.125. The summed E-state index contributed by atoms with van der Waals surface area (Å²) in [5.74, 6) is -0.0373. The summed E-state index contributed by atoms with van der Waals surface area (Å²) in [5, 5.41) is 0. The summed E-state index contributed by atoms with van der Waals surface area (Å²) in [5.41, 5.74) is 0.387. The maximum atomic E-state index is 11.6. The number of methoxy groups -OCH3 is 1. The summed E-state index contributed by atoms with van der Waals surface area (Å²) in [7, 11) is 1.30. The fourth-order valence-corrected chi connectivity index (χ4v) is 1.60. The third kappa shape index (κ3) is 4.35. The van der Waals surface area contributed by atoms with Crippen LogP contribution in [0.3, 0.4) is 0 Å². The van der Waals surface area contributed by atoms with Gasteiger partial charge in [0.25, 0.3) is 0 Å². The van der Waals surface area contributed by atoms with E-state index in [9.17, 15) is 9.59 Å². The van der Waals surface area contributed by atoms with Gasteiger partial charge in [0.05, 0.1) is 12.7 Å². The second-order valence-electron chi connectivity index (χ2n) is 4.09. The Labute approximate surface area is 122 Å². The van der Waals surface area contributed by atoms with Crippen LogP contribution in [-0.2, 0) is 9.53 Å². The molecule has 2 rings (SSSR count). The molecule has 5 heteroatoms. The van der Waals surface area contributed by atoms with Crippen molar-refractivity contribution in [3.63, 3.8) is 0 Å². The monoisotopic (exact) mass is 286 g/mol. The predicted octanol–water partition coefficient (Wildman–Crippen LogP) is 2.46. The molecule has 108 valence electrons. The van der Waals surface area contributed by atoms with E-state index in [0.717, 1.165) is 0 Å². The molecule has 0 fully saturated rings. The van der Waals surface area contributed by atoms with Gasteiger partial charge in [-0.3, -0.25) is 0 Å². The second kappa shape index (κ2) is 7.09. The lowest BCUT2D eigenvalue weighted by atomic mass is 10.2. The highest BCUT2D eigenvalue weighted by Crippen LogP contribution is 2.13. The van der Waals surface area contributed by atoms with Crippen LogP contribution in [0.5, 0.6) is 11.5 Å². The summed E-state index contributed by atoms with van der Waals surface area (Å²) in [6.07, 6.45) is 0. The van der Waals surface area contributed by atoms with Crippen molar-refractivity contribution in [3.05, 3.63) is 60.2 Å². The Balaban J connectivity index is 1.86. The molecule has 0 amide bonds. The van der Waals surface area contributed by atoms with Gasteiger partial charge in [-0.1, -0.05) is 18.2 Å². The zero-order chi connectivity index (χ0) is 15.1. The van der Waals surface area contributed by atoms with E-state index in [1.165, 1.54) is 31.4 Å². The Morgan fingerprint density at radius 1 is 0.905 bits per heavy atom. The van der Waals surface area contributed by atoms with E-state index >= 15 is 0 Å². The predicted molar refractivity (Wildman–Crippen MR) is 75.4 cm³/mol. The van der Waals surface area contributed by atoms with Crippen molar-refractivity contribution in [2.45, 2.75) is 0 Å². The van der Waals surface area contributed by atoms with Gasteiger partial charge in [0, 0.05) is 0 Å². The average Bonchev–Trinajstić information content (AvgIpc) is 2.54. The largest absolute Gasteiger partial charge is 0.482 e. The number of rotatable bonds is 5. The topological polar surface area (TPSA) is 61.8 Å². The van der Waals surface area contributed by atoms with E-state index in [0.29, 0.717) is 17.1 Å². The van der Waals surface area contributed by atoms with Crippen LogP contribution in [0.1, 0.15) is 10.4 Å². The lowest BCUT2D eigenvalue weighted by Gasteiger charge is -2.07. The molecule has 0 unspecified atom stereocenters. The third-order valence-corrected chi connectivity index (χ3v) is 2.61. The van der Waals surface area contributed by atoms with Crippen molar-refractivity contribution in [2.24, 2.45) is 0 Å². The van der Waals surface area contributed by atoms with Crippen molar-refractivity contribution < 1.29 is 23.8 Å². The Morgan fingerprint density at radius 3 is 2.19 bits per heavy atom. The molecule has 0 radical (unpaired) electrons. The quantitative estimate of drug-likeness (QED) is 0.624. The Morgan fingerprint density at radius 2 is 1.57 bits per heavy atom. The molecular weight excluding hydrogens is 272 g/mol. The molecule has 5 nitrogen and oxygen atoms in total. The minimum atomic E-state index is -0.523. The highest BCUT2D eigenvalue weighted by atomic mass is 16.6. The summed E-state index contributed by atoms with van der Waals surface area (Å²) in [6.45, 7) is -0.192. The standard InChI is InChI=1S/C16H14O5/c1-19-16(18)12-7-9-14(10-8-12)21-15(17)11-20-13-5-3-2-4-6-13/h2-10H,11H2,1H3.